The summed E-state index contributed by atoms with van der Waals surface area (Å²) in [6.45, 7) is 1.01. The number of carboxylic acid groups (broad SMARTS) is 1. The van der Waals surface area contributed by atoms with Crippen molar-refractivity contribution >= 4 is 17.6 Å². The molecule has 2 heterocycles. The lowest BCUT2D eigenvalue weighted by Crippen LogP contribution is -2.60. The van der Waals surface area contributed by atoms with Crippen LogP contribution in [0.1, 0.15) is 42.4 Å². The highest BCUT2D eigenvalue weighted by Gasteiger charge is 2.51. The zero-order valence-corrected chi connectivity index (χ0v) is 16.5. The number of hydrogen-bond donors (Lipinski definition) is 2. The van der Waals surface area contributed by atoms with E-state index in [0.29, 0.717) is 24.5 Å². The summed E-state index contributed by atoms with van der Waals surface area (Å²) in [4.78, 5) is 17.2. The van der Waals surface area contributed by atoms with Crippen molar-refractivity contribution in [3.05, 3.63) is 64.9 Å². The predicted molar refractivity (Wildman–Crippen MR) is 106 cm³/mol. The molecule has 2 N–H and O–H groups in total. The number of piperidine rings is 1. The number of aromatic nitrogens is 1. The van der Waals surface area contributed by atoms with E-state index in [1.165, 1.54) is 7.11 Å². The van der Waals surface area contributed by atoms with E-state index in [1.54, 1.807) is 6.20 Å². The second kappa shape index (κ2) is 9.01. The van der Waals surface area contributed by atoms with Crippen LogP contribution >= 0.6 is 11.6 Å². The van der Waals surface area contributed by atoms with Gasteiger partial charge in [-0.3, -0.25) is 14.7 Å². The number of halogens is 1. The number of carbonyl (C=O) groups is 1. The number of benzene rings is 1. The monoisotopic (exact) mass is 404 g/mol. The molecule has 150 valence electrons. The third-order valence-corrected chi connectivity index (χ3v) is 5.65. The third-order valence-electron chi connectivity index (χ3n) is 5.39. The molecule has 0 amide bonds. The van der Waals surface area contributed by atoms with Gasteiger partial charge in [-0.25, -0.2) is 0 Å². The Morgan fingerprint density at radius 1 is 1.32 bits per heavy atom. The lowest BCUT2D eigenvalue weighted by atomic mass is 9.75. The molecule has 1 saturated heterocycles. The first kappa shape index (κ1) is 20.7. The number of carboxylic acids is 1. The van der Waals surface area contributed by atoms with Gasteiger partial charge < -0.3 is 14.9 Å². The molecule has 3 rings (SSSR count). The zero-order valence-electron chi connectivity index (χ0n) is 15.8. The van der Waals surface area contributed by atoms with Crippen LogP contribution in [0.15, 0.2) is 48.7 Å². The van der Waals surface area contributed by atoms with Gasteiger partial charge in [0.2, 0.25) is 5.91 Å². The number of likely N-dealkylation sites (tertiary alicyclic amines) is 1. The maximum Gasteiger partial charge on any atom is 0.303 e. The number of rotatable bonds is 7. The molecule has 1 aromatic heterocycles. The molecule has 0 aliphatic carbocycles. The average molecular weight is 405 g/mol. The van der Waals surface area contributed by atoms with E-state index < -0.39 is 17.8 Å². The van der Waals surface area contributed by atoms with Crippen molar-refractivity contribution < 1.29 is 19.7 Å². The summed E-state index contributed by atoms with van der Waals surface area (Å²) in [6, 6.07) is 13.2. The van der Waals surface area contributed by atoms with E-state index in [4.69, 9.17) is 21.4 Å². The molecule has 0 saturated carbocycles. The Morgan fingerprint density at radius 2 is 2.07 bits per heavy atom. The van der Waals surface area contributed by atoms with Crippen molar-refractivity contribution in [2.75, 3.05) is 20.2 Å². The predicted octanol–water partition coefficient (Wildman–Crippen LogP) is 3.47. The molecule has 1 fully saturated rings. The first-order valence-electron chi connectivity index (χ1n) is 9.36. The molecule has 1 aliphatic heterocycles. The quantitative estimate of drug-likeness (QED) is 0.687. The molecule has 0 spiro atoms. The molecule has 0 bridgehead atoms. The Balaban J connectivity index is 1.97. The second-order valence-corrected chi connectivity index (χ2v) is 7.46. The highest BCUT2D eigenvalue weighted by Crippen LogP contribution is 2.48. The van der Waals surface area contributed by atoms with Crippen molar-refractivity contribution in [2.24, 2.45) is 0 Å². The van der Waals surface area contributed by atoms with E-state index in [9.17, 15) is 9.90 Å². The van der Waals surface area contributed by atoms with Crippen molar-refractivity contribution in [3.8, 4) is 0 Å². The number of aliphatic carboxylic acids is 1. The van der Waals surface area contributed by atoms with Crippen molar-refractivity contribution in [3.63, 3.8) is 0 Å². The first-order valence-corrected chi connectivity index (χ1v) is 9.74. The largest absolute Gasteiger partial charge is 0.481 e. The van der Waals surface area contributed by atoms with Crippen LogP contribution in [0.25, 0.3) is 0 Å². The fraction of sp³-hybridized carbons (Fsp3) is 0.429. The Hall–Kier alpha value is -1.99. The molecule has 7 heteroatoms. The van der Waals surface area contributed by atoms with Crippen molar-refractivity contribution in [1.82, 2.24) is 9.88 Å². The third kappa shape index (κ3) is 4.36. The van der Waals surface area contributed by atoms with Crippen molar-refractivity contribution in [1.29, 1.82) is 0 Å². The second-order valence-electron chi connectivity index (χ2n) is 7.03. The molecular formula is C21H25ClN2O4. The number of pyridine rings is 1. The number of nitrogens with zero attached hydrogens (tertiary/aromatic N) is 2. The van der Waals surface area contributed by atoms with Crippen LogP contribution in [-0.4, -0.2) is 52.2 Å². The molecule has 1 aromatic carbocycles. The van der Waals surface area contributed by atoms with Crippen LogP contribution in [-0.2, 0) is 9.53 Å². The van der Waals surface area contributed by atoms with Gasteiger partial charge in [0, 0.05) is 43.8 Å². The van der Waals surface area contributed by atoms with Gasteiger partial charge in [0.25, 0.3) is 0 Å². The highest BCUT2D eigenvalue weighted by atomic mass is 35.5. The lowest BCUT2D eigenvalue weighted by molar-refractivity contribution is -0.309. The van der Waals surface area contributed by atoms with Crippen LogP contribution in [0.2, 0.25) is 5.02 Å². The number of aliphatic hydroxyl groups is 1. The van der Waals surface area contributed by atoms with Gasteiger partial charge in [-0.2, -0.15) is 0 Å². The Morgan fingerprint density at radius 3 is 2.68 bits per heavy atom. The van der Waals surface area contributed by atoms with Crippen LogP contribution < -0.4 is 0 Å². The van der Waals surface area contributed by atoms with Gasteiger partial charge in [0.05, 0.1) is 11.6 Å². The summed E-state index contributed by atoms with van der Waals surface area (Å²) < 4.78 is 5.66. The summed E-state index contributed by atoms with van der Waals surface area (Å²) in [5.74, 6) is -2.89. The normalized spacial score (nSPS) is 25.5. The van der Waals surface area contributed by atoms with Gasteiger partial charge in [-0.15, -0.1) is 0 Å². The standard InChI is InChI=1S/C21H25ClN2O4/c1-28-21(27)20(18-5-2-3-12-23-18)17(15-7-9-16(22)10-8-15)11-14-24(21)13-4-6-19(25)26/h2-3,5,7-10,12,17,20,27H,4,6,11,13-14H2,1H3,(H,25,26). The van der Waals surface area contributed by atoms with Gasteiger partial charge in [0.1, 0.15) is 0 Å². The van der Waals surface area contributed by atoms with Gasteiger partial charge in [0.15, 0.2) is 0 Å². The maximum atomic E-state index is 11.6. The summed E-state index contributed by atoms with van der Waals surface area (Å²) in [7, 11) is 1.48. The molecule has 28 heavy (non-hydrogen) atoms. The molecule has 1 aliphatic rings. The number of ether oxygens (including phenoxy) is 1. The van der Waals surface area contributed by atoms with E-state index in [-0.39, 0.29) is 12.3 Å². The minimum Gasteiger partial charge on any atom is -0.481 e. The average Bonchev–Trinajstić information content (AvgIpc) is 2.70. The molecule has 3 unspecified atom stereocenters. The summed E-state index contributed by atoms with van der Waals surface area (Å²) in [6.07, 6.45) is 2.96. The van der Waals surface area contributed by atoms with Gasteiger partial charge >= 0.3 is 5.97 Å². The minimum absolute atomic E-state index is 0.0205. The van der Waals surface area contributed by atoms with Gasteiger partial charge in [-0.05, 0) is 42.7 Å². The SMILES string of the molecule is COC1(O)C(c2ccccn2)C(c2ccc(Cl)cc2)CCN1CCCC(=O)O. The molecule has 3 atom stereocenters. The van der Waals surface area contributed by atoms with E-state index in [1.807, 2.05) is 47.4 Å². The molecular weight excluding hydrogens is 380 g/mol. The first-order chi connectivity index (χ1) is 13.5. The van der Waals surface area contributed by atoms with E-state index in [0.717, 1.165) is 17.7 Å². The Bertz CT molecular complexity index is 787. The Labute approximate surface area is 169 Å². The van der Waals surface area contributed by atoms with Crippen LogP contribution in [0.4, 0.5) is 0 Å². The fourth-order valence-electron chi connectivity index (χ4n) is 4.06. The zero-order chi connectivity index (χ0) is 20.1. The molecule has 0 radical (unpaired) electrons. The fourth-order valence-corrected chi connectivity index (χ4v) is 4.18. The van der Waals surface area contributed by atoms with Crippen LogP contribution in [0.5, 0.6) is 0 Å². The van der Waals surface area contributed by atoms with Gasteiger partial charge in [-0.1, -0.05) is 29.8 Å². The van der Waals surface area contributed by atoms with E-state index in [2.05, 4.69) is 4.98 Å². The number of hydrogen-bond acceptors (Lipinski definition) is 5. The van der Waals surface area contributed by atoms with E-state index >= 15 is 0 Å². The highest BCUT2D eigenvalue weighted by molar-refractivity contribution is 6.30. The van der Waals surface area contributed by atoms with Crippen molar-refractivity contribution in [2.45, 2.75) is 37.0 Å². The summed E-state index contributed by atoms with van der Waals surface area (Å²) >= 11 is 6.05. The topological polar surface area (TPSA) is 82.9 Å². The molecule has 2 aromatic rings. The minimum atomic E-state index is -1.59. The van der Waals surface area contributed by atoms with Crippen LogP contribution in [0.3, 0.4) is 0 Å². The Kier molecular flexibility index (Phi) is 6.67. The summed E-state index contributed by atoms with van der Waals surface area (Å²) in [5.41, 5.74) is 1.79. The summed E-state index contributed by atoms with van der Waals surface area (Å²) in [5, 5.41) is 21.2. The smallest absolute Gasteiger partial charge is 0.303 e. The maximum absolute atomic E-state index is 11.6. The van der Waals surface area contributed by atoms with Crippen LogP contribution in [0, 0.1) is 0 Å². The lowest BCUT2D eigenvalue weighted by Gasteiger charge is -2.50. The number of methoxy groups -OCH3 is 1. The molecule has 6 nitrogen and oxygen atoms in total.